The van der Waals surface area contributed by atoms with E-state index in [0.29, 0.717) is 30.4 Å². The standard InChI is InChI=1S/C18H21FN6O/c1-3-25(24-7-9-26-10-8-24)18-20-12-15-16(22-23(2)17(15)21-18)13-5-4-6-14(19)11-13/h4-6,11-12H,3,7-10H2,1-2H3. The SMILES string of the molecule is CCN(c1ncc2c(-c3cccc(F)c3)nn(C)c2n1)N1CCOCC1. The fraction of sp³-hybridized carbons (Fsp3) is 0.389. The normalized spacial score (nSPS) is 15.5. The zero-order chi connectivity index (χ0) is 18.1. The van der Waals surface area contributed by atoms with Crippen LogP contribution in [0.15, 0.2) is 30.5 Å². The minimum Gasteiger partial charge on any atom is -0.379 e. The molecule has 1 saturated heterocycles. The van der Waals surface area contributed by atoms with Crippen molar-refractivity contribution in [3.8, 4) is 11.3 Å². The van der Waals surface area contributed by atoms with Crippen molar-refractivity contribution in [3.63, 3.8) is 0 Å². The lowest BCUT2D eigenvalue weighted by Crippen LogP contribution is -2.49. The van der Waals surface area contributed by atoms with Gasteiger partial charge in [-0.3, -0.25) is 5.01 Å². The van der Waals surface area contributed by atoms with E-state index in [-0.39, 0.29) is 5.82 Å². The van der Waals surface area contributed by atoms with Crippen LogP contribution in [0.1, 0.15) is 6.92 Å². The van der Waals surface area contributed by atoms with Crippen LogP contribution in [0.2, 0.25) is 0 Å². The van der Waals surface area contributed by atoms with E-state index in [9.17, 15) is 4.39 Å². The van der Waals surface area contributed by atoms with Crippen LogP contribution in [-0.4, -0.2) is 57.6 Å². The molecule has 0 amide bonds. The molecule has 0 unspecified atom stereocenters. The summed E-state index contributed by atoms with van der Waals surface area (Å²) in [5.74, 6) is 0.346. The van der Waals surface area contributed by atoms with Gasteiger partial charge in [0.15, 0.2) is 5.65 Å². The van der Waals surface area contributed by atoms with E-state index >= 15 is 0 Å². The highest BCUT2D eigenvalue weighted by Crippen LogP contribution is 2.28. The summed E-state index contributed by atoms with van der Waals surface area (Å²) in [6, 6.07) is 6.41. The molecule has 3 aromatic rings. The summed E-state index contributed by atoms with van der Waals surface area (Å²) in [6.45, 7) is 5.87. The third kappa shape index (κ3) is 3.02. The predicted molar refractivity (Wildman–Crippen MR) is 97.1 cm³/mol. The Hall–Kier alpha value is -2.58. The number of rotatable bonds is 4. The lowest BCUT2D eigenvalue weighted by atomic mass is 10.1. The monoisotopic (exact) mass is 356 g/mol. The summed E-state index contributed by atoms with van der Waals surface area (Å²) in [6.07, 6.45) is 1.77. The largest absolute Gasteiger partial charge is 0.379 e. The number of fused-ring (bicyclic) bond motifs is 1. The molecule has 8 heteroatoms. The highest BCUT2D eigenvalue weighted by molar-refractivity contribution is 5.91. The van der Waals surface area contributed by atoms with Crippen molar-refractivity contribution >= 4 is 17.0 Å². The summed E-state index contributed by atoms with van der Waals surface area (Å²) in [4.78, 5) is 9.29. The average molecular weight is 356 g/mol. The summed E-state index contributed by atoms with van der Waals surface area (Å²) in [5, 5.41) is 9.61. The molecule has 7 nitrogen and oxygen atoms in total. The molecule has 2 aromatic heterocycles. The highest BCUT2D eigenvalue weighted by atomic mass is 19.1. The van der Waals surface area contributed by atoms with Gasteiger partial charge in [-0.25, -0.2) is 19.1 Å². The van der Waals surface area contributed by atoms with Gasteiger partial charge in [-0.05, 0) is 19.1 Å². The van der Waals surface area contributed by atoms with E-state index in [1.54, 1.807) is 16.9 Å². The van der Waals surface area contributed by atoms with E-state index in [0.717, 1.165) is 30.7 Å². The van der Waals surface area contributed by atoms with Gasteiger partial charge in [-0.2, -0.15) is 10.1 Å². The highest BCUT2D eigenvalue weighted by Gasteiger charge is 2.21. The topological polar surface area (TPSA) is 59.3 Å². The van der Waals surface area contributed by atoms with Gasteiger partial charge < -0.3 is 4.74 Å². The number of hydrogen-bond donors (Lipinski definition) is 0. The van der Waals surface area contributed by atoms with E-state index in [1.807, 2.05) is 13.1 Å². The summed E-state index contributed by atoms with van der Waals surface area (Å²) >= 11 is 0. The third-order valence-corrected chi connectivity index (χ3v) is 4.52. The molecule has 0 radical (unpaired) electrons. The van der Waals surface area contributed by atoms with Crippen LogP contribution in [0.25, 0.3) is 22.3 Å². The van der Waals surface area contributed by atoms with Crippen molar-refractivity contribution in [2.45, 2.75) is 6.92 Å². The number of benzene rings is 1. The molecule has 1 aliphatic heterocycles. The first kappa shape index (κ1) is 16.9. The lowest BCUT2D eigenvalue weighted by molar-refractivity contribution is 0.0314. The number of aryl methyl sites for hydroxylation is 1. The summed E-state index contributed by atoms with van der Waals surface area (Å²) < 4.78 is 20.7. The van der Waals surface area contributed by atoms with Gasteiger partial charge in [0.2, 0.25) is 5.95 Å². The Morgan fingerprint density at radius 1 is 1.27 bits per heavy atom. The zero-order valence-corrected chi connectivity index (χ0v) is 14.9. The smallest absolute Gasteiger partial charge is 0.242 e. The quantitative estimate of drug-likeness (QED) is 0.715. The van der Waals surface area contributed by atoms with Gasteiger partial charge in [-0.1, -0.05) is 12.1 Å². The van der Waals surface area contributed by atoms with Gasteiger partial charge in [0.05, 0.1) is 18.6 Å². The molecular weight excluding hydrogens is 335 g/mol. The van der Waals surface area contributed by atoms with Gasteiger partial charge >= 0.3 is 0 Å². The van der Waals surface area contributed by atoms with Crippen molar-refractivity contribution in [1.82, 2.24) is 24.8 Å². The molecule has 0 bridgehead atoms. The second-order valence-corrected chi connectivity index (χ2v) is 6.17. The van der Waals surface area contributed by atoms with Crippen LogP contribution in [-0.2, 0) is 11.8 Å². The maximum Gasteiger partial charge on any atom is 0.242 e. The molecule has 4 rings (SSSR count). The molecule has 1 fully saturated rings. The van der Waals surface area contributed by atoms with Gasteiger partial charge in [0, 0.05) is 38.4 Å². The van der Waals surface area contributed by atoms with Crippen molar-refractivity contribution < 1.29 is 9.13 Å². The predicted octanol–water partition coefficient (Wildman–Crippen LogP) is 2.24. The van der Waals surface area contributed by atoms with Gasteiger partial charge in [0.25, 0.3) is 0 Å². The number of halogens is 1. The Morgan fingerprint density at radius 2 is 2.08 bits per heavy atom. The lowest BCUT2D eigenvalue weighted by Gasteiger charge is -2.36. The molecular formula is C18H21FN6O. The molecule has 1 aliphatic rings. The van der Waals surface area contributed by atoms with Crippen molar-refractivity contribution in [3.05, 3.63) is 36.3 Å². The number of hydrazine groups is 1. The fourth-order valence-corrected chi connectivity index (χ4v) is 3.27. The van der Waals surface area contributed by atoms with Crippen LogP contribution in [0.5, 0.6) is 0 Å². The Bertz CT molecular complexity index is 921. The number of aromatic nitrogens is 4. The second kappa shape index (κ2) is 6.97. The molecule has 0 spiro atoms. The molecule has 136 valence electrons. The van der Waals surface area contributed by atoms with E-state index in [4.69, 9.17) is 9.72 Å². The molecule has 3 heterocycles. The number of nitrogens with zero attached hydrogens (tertiary/aromatic N) is 6. The number of morpholine rings is 1. The number of hydrogen-bond acceptors (Lipinski definition) is 6. The third-order valence-electron chi connectivity index (χ3n) is 4.52. The first-order chi connectivity index (χ1) is 12.7. The molecule has 26 heavy (non-hydrogen) atoms. The summed E-state index contributed by atoms with van der Waals surface area (Å²) in [7, 11) is 1.84. The number of ether oxygens (including phenoxy) is 1. The van der Waals surface area contributed by atoms with Crippen LogP contribution in [0.4, 0.5) is 10.3 Å². The van der Waals surface area contributed by atoms with E-state index in [1.165, 1.54) is 12.1 Å². The number of anilines is 1. The Labute approximate surface area is 151 Å². The Kier molecular flexibility index (Phi) is 4.52. The van der Waals surface area contributed by atoms with Gasteiger partial charge in [-0.15, -0.1) is 0 Å². The van der Waals surface area contributed by atoms with E-state index < -0.39 is 0 Å². The van der Waals surface area contributed by atoms with Crippen LogP contribution in [0, 0.1) is 5.82 Å². The summed E-state index contributed by atoms with van der Waals surface area (Å²) in [5.41, 5.74) is 2.12. The Morgan fingerprint density at radius 3 is 2.81 bits per heavy atom. The fourth-order valence-electron chi connectivity index (χ4n) is 3.27. The molecule has 0 saturated carbocycles. The van der Waals surface area contributed by atoms with Crippen LogP contribution in [0.3, 0.4) is 0 Å². The second-order valence-electron chi connectivity index (χ2n) is 6.17. The van der Waals surface area contributed by atoms with Crippen LogP contribution < -0.4 is 5.01 Å². The first-order valence-corrected chi connectivity index (χ1v) is 8.73. The molecule has 0 N–H and O–H groups in total. The Balaban J connectivity index is 1.75. The molecule has 0 aliphatic carbocycles. The van der Waals surface area contributed by atoms with E-state index in [2.05, 4.69) is 27.0 Å². The van der Waals surface area contributed by atoms with Crippen molar-refractivity contribution in [2.75, 3.05) is 37.9 Å². The molecule has 1 aromatic carbocycles. The van der Waals surface area contributed by atoms with Crippen molar-refractivity contribution in [2.24, 2.45) is 7.05 Å². The van der Waals surface area contributed by atoms with Crippen molar-refractivity contribution in [1.29, 1.82) is 0 Å². The average Bonchev–Trinajstić information content (AvgIpc) is 3.00. The first-order valence-electron chi connectivity index (χ1n) is 8.73. The maximum absolute atomic E-state index is 13.6. The maximum atomic E-state index is 13.6. The minimum atomic E-state index is -0.289. The van der Waals surface area contributed by atoms with Gasteiger partial charge in [0.1, 0.15) is 11.5 Å². The van der Waals surface area contributed by atoms with Crippen LogP contribution >= 0.6 is 0 Å². The zero-order valence-electron chi connectivity index (χ0n) is 14.9. The minimum absolute atomic E-state index is 0.289. The molecule has 0 atom stereocenters.